The average Bonchev–Trinajstić information content (AvgIpc) is 2.77. The molecular weight excluding hydrogens is 302 g/mol. The molecule has 0 saturated carbocycles. The molecule has 0 unspecified atom stereocenters. The van der Waals surface area contributed by atoms with E-state index in [1.807, 2.05) is 48.6 Å². The first-order valence-electron chi connectivity index (χ1n) is 4.26. The Morgan fingerprint density at radius 3 is 1.19 bits per heavy atom. The summed E-state index contributed by atoms with van der Waals surface area (Å²) in [4.78, 5) is 0. The molecule has 87 valence electrons. The van der Waals surface area contributed by atoms with Crippen LogP contribution in [0.5, 0.6) is 0 Å². The minimum absolute atomic E-state index is 0. The van der Waals surface area contributed by atoms with Crippen LogP contribution < -0.4 is 37.2 Å². The molecule has 1 radical (unpaired) electrons. The smallest absolute Gasteiger partial charge is 1.00 e. The van der Waals surface area contributed by atoms with Crippen molar-refractivity contribution in [3.63, 3.8) is 0 Å². The van der Waals surface area contributed by atoms with E-state index < -0.39 is 0 Å². The summed E-state index contributed by atoms with van der Waals surface area (Å²) in [5.74, 6) is 0.393. The Kier molecular flexibility index (Phi) is 14.5. The van der Waals surface area contributed by atoms with Gasteiger partial charge in [0.05, 0.1) is 6.10 Å². The molecule has 2 rings (SSSR count). The van der Waals surface area contributed by atoms with Crippen molar-refractivity contribution in [1.82, 2.24) is 0 Å². The van der Waals surface area contributed by atoms with Gasteiger partial charge in [0.2, 0.25) is 0 Å². The zero-order valence-corrected chi connectivity index (χ0v) is 12.3. The predicted molar refractivity (Wildman–Crippen MR) is 49.5 cm³/mol. The third-order valence-corrected chi connectivity index (χ3v) is 2.34. The van der Waals surface area contributed by atoms with E-state index in [0.717, 1.165) is 0 Å². The summed E-state index contributed by atoms with van der Waals surface area (Å²) in [5.41, 5.74) is 0. The fourth-order valence-electron chi connectivity index (χ4n) is 1.61. The number of hydrogen-bond acceptors (Lipinski definition) is 1. The third-order valence-electron chi connectivity index (χ3n) is 2.34. The molecule has 1 nitrogen and oxygen atoms in total. The van der Waals surface area contributed by atoms with Gasteiger partial charge in [-0.2, -0.15) is 0 Å². The van der Waals surface area contributed by atoms with Crippen molar-refractivity contribution in [3.8, 4) is 0 Å². The quantitative estimate of drug-likeness (QED) is 0.502. The largest absolute Gasteiger partial charge is 3.00 e. The van der Waals surface area contributed by atoms with E-state index in [0.29, 0.717) is 0 Å². The van der Waals surface area contributed by atoms with Crippen molar-refractivity contribution in [2.45, 2.75) is 6.10 Å². The molecule has 16 heavy (non-hydrogen) atoms. The molecule has 0 aromatic carbocycles. The topological polar surface area (TPSA) is 20.2 Å². The van der Waals surface area contributed by atoms with Gasteiger partial charge in [-0.25, -0.2) is 0 Å². The van der Waals surface area contributed by atoms with Gasteiger partial charge in [-0.1, -0.05) is 48.6 Å². The van der Waals surface area contributed by atoms with Crippen molar-refractivity contribution in [2.75, 3.05) is 0 Å². The van der Waals surface area contributed by atoms with E-state index in [1.54, 1.807) is 0 Å². The molecule has 0 aliphatic heterocycles. The molecule has 0 saturated heterocycles. The van der Waals surface area contributed by atoms with Crippen molar-refractivity contribution in [3.05, 3.63) is 48.6 Å². The third kappa shape index (κ3) is 5.22. The first-order valence-corrected chi connectivity index (χ1v) is 4.26. The number of aliphatic hydroxyl groups excluding tert-OH is 1. The average molecular weight is 314 g/mol. The van der Waals surface area contributed by atoms with Gasteiger partial charge in [0.15, 0.2) is 0 Å². The van der Waals surface area contributed by atoms with Crippen molar-refractivity contribution >= 4 is 0 Å². The van der Waals surface area contributed by atoms with Crippen LogP contribution in [0, 0.1) is 11.8 Å². The molecule has 0 amide bonds. The van der Waals surface area contributed by atoms with Gasteiger partial charge in [-0.05, 0) is 0 Å². The van der Waals surface area contributed by atoms with Crippen LogP contribution in [0.1, 0.15) is 0 Å². The van der Waals surface area contributed by atoms with E-state index in [4.69, 9.17) is 0 Å². The summed E-state index contributed by atoms with van der Waals surface area (Å²) in [6.07, 6.45) is 15.8. The Bertz CT molecular complexity index is 235. The number of rotatable bonds is 2. The van der Waals surface area contributed by atoms with Gasteiger partial charge in [-0.3, -0.25) is 0 Å². The van der Waals surface area contributed by atoms with E-state index >= 15 is 0 Å². The van der Waals surface area contributed by atoms with Crippen LogP contribution in [-0.2, 0) is 21.7 Å². The van der Waals surface area contributed by atoms with Gasteiger partial charge in [0.25, 0.3) is 0 Å². The Balaban J connectivity index is -0.000000422. The number of halogens is 3. The maximum atomic E-state index is 9.84. The molecule has 0 aromatic rings. The Hall–Kier alpha value is 0.504. The number of aliphatic hydroxyl groups is 1. The maximum Gasteiger partial charge on any atom is 3.00 e. The van der Waals surface area contributed by atoms with Gasteiger partial charge >= 0.3 is 21.7 Å². The maximum absolute atomic E-state index is 9.84. The van der Waals surface area contributed by atoms with Crippen LogP contribution in [0.15, 0.2) is 48.6 Å². The molecule has 0 aromatic heterocycles. The summed E-state index contributed by atoms with van der Waals surface area (Å²) in [6.45, 7) is 0. The summed E-state index contributed by atoms with van der Waals surface area (Å²) in [6, 6.07) is 0. The van der Waals surface area contributed by atoms with Gasteiger partial charge in [0, 0.05) is 11.8 Å². The SMILES string of the molecule is OC(C1C=CC=C1)C1C=CC=C1.[Cl-].[Cl-].[Cl-].[Ti+3]. The fourth-order valence-corrected chi connectivity index (χ4v) is 1.61. The molecule has 0 atom stereocenters. The number of allylic oxidation sites excluding steroid dienone is 4. The molecule has 1 N–H and O–H groups in total. The first-order chi connectivity index (χ1) is 5.88. The van der Waals surface area contributed by atoms with Crippen molar-refractivity contribution in [2.24, 2.45) is 11.8 Å². The van der Waals surface area contributed by atoms with Gasteiger partial charge < -0.3 is 42.3 Å². The normalized spacial score (nSPS) is 16.6. The molecular formula is C11H12Cl3OTi. The molecule has 0 fully saturated rings. The minimum atomic E-state index is -0.296. The monoisotopic (exact) mass is 313 g/mol. The van der Waals surface area contributed by atoms with Crippen LogP contribution in [0.3, 0.4) is 0 Å². The van der Waals surface area contributed by atoms with Crippen molar-refractivity contribution in [1.29, 1.82) is 0 Å². The molecule has 0 bridgehead atoms. The fraction of sp³-hybridized carbons (Fsp3) is 0.273. The van der Waals surface area contributed by atoms with Crippen molar-refractivity contribution < 1.29 is 64.0 Å². The summed E-state index contributed by atoms with van der Waals surface area (Å²) < 4.78 is 0. The summed E-state index contributed by atoms with van der Waals surface area (Å²) >= 11 is 0. The van der Waals surface area contributed by atoms with E-state index in [9.17, 15) is 5.11 Å². The summed E-state index contributed by atoms with van der Waals surface area (Å²) in [7, 11) is 0. The molecule has 0 spiro atoms. The van der Waals surface area contributed by atoms with Crippen LogP contribution in [-0.4, -0.2) is 11.2 Å². The molecule has 5 heteroatoms. The van der Waals surface area contributed by atoms with E-state index in [2.05, 4.69) is 0 Å². The van der Waals surface area contributed by atoms with Crippen LogP contribution >= 0.6 is 0 Å². The molecule has 0 heterocycles. The second-order valence-electron chi connectivity index (χ2n) is 3.18. The van der Waals surface area contributed by atoms with Gasteiger partial charge in [0.1, 0.15) is 0 Å². The second-order valence-corrected chi connectivity index (χ2v) is 3.18. The van der Waals surface area contributed by atoms with Crippen LogP contribution in [0.2, 0.25) is 0 Å². The molecule has 2 aliphatic rings. The second kappa shape index (κ2) is 10.6. The van der Waals surface area contributed by atoms with E-state index in [1.165, 1.54) is 0 Å². The minimum Gasteiger partial charge on any atom is -1.00 e. The Morgan fingerprint density at radius 2 is 0.938 bits per heavy atom. The first kappa shape index (κ1) is 21.8. The Labute approximate surface area is 130 Å². The van der Waals surface area contributed by atoms with E-state index in [-0.39, 0.29) is 76.9 Å². The standard InChI is InChI=1S/C11H12O.3ClH.Ti/c12-11(9-5-1-2-6-9)10-7-3-4-8-10;;;;/h1-12H;3*1H;/q;;;;+3/p-3. The number of hydrogen-bond donors (Lipinski definition) is 1. The zero-order valence-electron chi connectivity index (χ0n) is 8.43. The summed E-state index contributed by atoms with van der Waals surface area (Å²) in [5, 5.41) is 9.84. The van der Waals surface area contributed by atoms with Crippen LogP contribution in [0.25, 0.3) is 0 Å². The molecule has 2 aliphatic carbocycles. The van der Waals surface area contributed by atoms with Gasteiger partial charge in [-0.15, -0.1) is 0 Å². The predicted octanol–water partition coefficient (Wildman–Crippen LogP) is -7.16. The zero-order chi connectivity index (χ0) is 8.39. The Morgan fingerprint density at radius 1 is 0.688 bits per heavy atom. The van der Waals surface area contributed by atoms with Crippen LogP contribution in [0.4, 0.5) is 0 Å².